The summed E-state index contributed by atoms with van der Waals surface area (Å²) in [6, 6.07) is 15.1. The molecule has 0 saturated heterocycles. The van der Waals surface area contributed by atoms with E-state index in [1.807, 2.05) is 63.2 Å². The zero-order valence-corrected chi connectivity index (χ0v) is 18.0. The molecule has 28 heavy (non-hydrogen) atoms. The van der Waals surface area contributed by atoms with E-state index in [1.54, 1.807) is 6.07 Å². The number of anilines is 1. The van der Waals surface area contributed by atoms with Crippen molar-refractivity contribution in [2.75, 3.05) is 24.9 Å². The van der Waals surface area contributed by atoms with Crippen LogP contribution < -0.4 is 9.62 Å². The molecule has 1 atom stereocenters. The Bertz CT molecular complexity index is 912. The van der Waals surface area contributed by atoms with E-state index in [-0.39, 0.29) is 18.5 Å². The highest BCUT2D eigenvalue weighted by atomic mass is 32.2. The van der Waals surface area contributed by atoms with Crippen LogP contribution in [-0.2, 0) is 15.0 Å². The fourth-order valence-corrected chi connectivity index (χ4v) is 4.07. The van der Waals surface area contributed by atoms with Gasteiger partial charge in [0.1, 0.15) is 6.54 Å². The molecule has 152 valence electrons. The lowest BCUT2D eigenvalue weighted by molar-refractivity contribution is -0.120. The molecule has 1 amide bonds. The van der Waals surface area contributed by atoms with Crippen LogP contribution in [0.4, 0.5) is 5.69 Å². The Hall–Kier alpha value is -2.38. The lowest BCUT2D eigenvalue weighted by Gasteiger charge is -2.29. The van der Waals surface area contributed by atoms with Crippen LogP contribution in [0, 0.1) is 13.8 Å². The number of hydrogen-bond donors (Lipinski definition) is 1. The van der Waals surface area contributed by atoms with E-state index >= 15 is 0 Å². The molecule has 2 rings (SSSR count). The normalized spacial score (nSPS) is 12.6. The molecular weight excluding hydrogens is 374 g/mol. The summed E-state index contributed by atoms with van der Waals surface area (Å²) in [6.07, 6.45) is 0.708. The maximum atomic E-state index is 12.9. The van der Waals surface area contributed by atoms with Gasteiger partial charge in [0.05, 0.1) is 11.7 Å². The molecule has 0 radical (unpaired) electrons. The second-order valence-corrected chi connectivity index (χ2v) is 9.09. The number of hydrogen-bond acceptors (Lipinski definition) is 3. The number of carbonyl (C=O) groups excluding carboxylic acids is 1. The molecule has 0 fully saturated rings. The van der Waals surface area contributed by atoms with Crippen molar-refractivity contribution < 1.29 is 13.2 Å². The van der Waals surface area contributed by atoms with Gasteiger partial charge in [-0.25, -0.2) is 4.31 Å². The lowest BCUT2D eigenvalue weighted by atomic mass is 10.0. The molecular formula is C21H29N3O3S. The van der Waals surface area contributed by atoms with Crippen LogP contribution >= 0.6 is 0 Å². The maximum absolute atomic E-state index is 12.9. The van der Waals surface area contributed by atoms with Crippen molar-refractivity contribution >= 4 is 21.8 Å². The van der Waals surface area contributed by atoms with E-state index in [4.69, 9.17) is 0 Å². The first kappa shape index (κ1) is 21.9. The van der Waals surface area contributed by atoms with E-state index in [0.29, 0.717) is 12.1 Å². The maximum Gasteiger partial charge on any atom is 0.304 e. The molecule has 0 saturated carbocycles. The molecule has 7 heteroatoms. The largest absolute Gasteiger partial charge is 0.348 e. The van der Waals surface area contributed by atoms with Crippen molar-refractivity contribution in [1.82, 2.24) is 9.62 Å². The second kappa shape index (κ2) is 9.21. The first-order chi connectivity index (χ1) is 13.2. The Labute approximate surface area is 168 Å². The number of nitrogens with one attached hydrogen (secondary N) is 1. The molecule has 0 aromatic heterocycles. The van der Waals surface area contributed by atoms with Crippen LogP contribution in [0.1, 0.15) is 36.1 Å². The van der Waals surface area contributed by atoms with Gasteiger partial charge in [-0.05, 0) is 43.0 Å². The first-order valence-corrected chi connectivity index (χ1v) is 10.7. The average molecular weight is 404 g/mol. The summed E-state index contributed by atoms with van der Waals surface area (Å²) in [7, 11) is -0.903. The molecule has 1 unspecified atom stereocenters. The van der Waals surface area contributed by atoms with Crippen molar-refractivity contribution in [3.05, 3.63) is 65.2 Å². The zero-order chi connectivity index (χ0) is 20.9. The highest BCUT2D eigenvalue weighted by Gasteiger charge is 2.29. The molecule has 1 N–H and O–H groups in total. The summed E-state index contributed by atoms with van der Waals surface area (Å²) in [4.78, 5) is 12.8. The van der Waals surface area contributed by atoms with Gasteiger partial charge in [-0.3, -0.25) is 4.79 Å². The van der Waals surface area contributed by atoms with Crippen LogP contribution in [0.3, 0.4) is 0 Å². The van der Waals surface area contributed by atoms with Gasteiger partial charge in [-0.15, -0.1) is 0 Å². The van der Waals surface area contributed by atoms with Crippen molar-refractivity contribution in [3.8, 4) is 0 Å². The first-order valence-electron chi connectivity index (χ1n) is 9.28. The molecule has 6 nitrogen and oxygen atoms in total. The van der Waals surface area contributed by atoms with Crippen molar-refractivity contribution in [3.63, 3.8) is 0 Å². The van der Waals surface area contributed by atoms with Gasteiger partial charge in [-0.1, -0.05) is 49.4 Å². The van der Waals surface area contributed by atoms with Gasteiger partial charge in [0.2, 0.25) is 5.91 Å². The summed E-state index contributed by atoms with van der Waals surface area (Å²) >= 11 is 0. The molecule has 2 aromatic rings. The molecule has 0 aliphatic carbocycles. The Balaban J connectivity index is 2.32. The summed E-state index contributed by atoms with van der Waals surface area (Å²) < 4.78 is 28.1. The third-order valence-electron chi connectivity index (χ3n) is 4.61. The molecule has 0 heterocycles. The topological polar surface area (TPSA) is 69.7 Å². The van der Waals surface area contributed by atoms with Gasteiger partial charge in [0, 0.05) is 14.1 Å². The summed E-state index contributed by atoms with van der Waals surface area (Å²) in [5.74, 6) is -0.345. The van der Waals surface area contributed by atoms with Gasteiger partial charge in [0.25, 0.3) is 0 Å². The number of carbonyl (C=O) groups is 1. The summed E-state index contributed by atoms with van der Waals surface area (Å²) in [5.41, 5.74) is 3.22. The quantitative estimate of drug-likeness (QED) is 0.736. The number of benzene rings is 2. The number of aryl methyl sites for hydroxylation is 2. The van der Waals surface area contributed by atoms with E-state index in [0.717, 1.165) is 21.0 Å². The van der Waals surface area contributed by atoms with Gasteiger partial charge in [0.15, 0.2) is 0 Å². The predicted octanol–water partition coefficient (Wildman–Crippen LogP) is 3.18. The van der Waals surface area contributed by atoms with Gasteiger partial charge >= 0.3 is 10.2 Å². The molecule has 2 aromatic carbocycles. The van der Waals surface area contributed by atoms with Crippen molar-refractivity contribution in [2.24, 2.45) is 0 Å². The summed E-state index contributed by atoms with van der Waals surface area (Å²) in [5, 5.41) is 2.96. The SMILES string of the molecule is CCC(NC(=O)CN(c1cc(C)ccc1C)S(=O)(=O)N(C)C)c1ccccc1. The second-order valence-electron chi connectivity index (χ2n) is 7.03. The highest BCUT2D eigenvalue weighted by molar-refractivity contribution is 7.90. The number of amides is 1. The fraction of sp³-hybridized carbons (Fsp3) is 0.381. The van der Waals surface area contributed by atoms with E-state index in [1.165, 1.54) is 18.4 Å². The molecule has 0 spiro atoms. The van der Waals surface area contributed by atoms with E-state index in [9.17, 15) is 13.2 Å². The zero-order valence-electron chi connectivity index (χ0n) is 17.1. The van der Waals surface area contributed by atoms with Crippen LogP contribution in [0.5, 0.6) is 0 Å². The van der Waals surface area contributed by atoms with Crippen LogP contribution in [0.2, 0.25) is 0 Å². The Morgan fingerprint density at radius 2 is 1.71 bits per heavy atom. The average Bonchev–Trinajstić information content (AvgIpc) is 2.66. The van der Waals surface area contributed by atoms with Crippen LogP contribution in [0.15, 0.2) is 48.5 Å². The van der Waals surface area contributed by atoms with E-state index < -0.39 is 10.2 Å². The Morgan fingerprint density at radius 1 is 1.07 bits per heavy atom. The smallest absolute Gasteiger partial charge is 0.304 e. The van der Waals surface area contributed by atoms with Gasteiger partial charge in [-0.2, -0.15) is 12.7 Å². The lowest BCUT2D eigenvalue weighted by Crippen LogP contribution is -2.46. The summed E-state index contributed by atoms with van der Waals surface area (Å²) in [6.45, 7) is 5.43. The van der Waals surface area contributed by atoms with E-state index in [2.05, 4.69) is 5.32 Å². The fourth-order valence-electron chi connectivity index (χ4n) is 2.95. The highest BCUT2D eigenvalue weighted by Crippen LogP contribution is 2.25. The molecule has 0 aliphatic heterocycles. The van der Waals surface area contributed by atoms with Crippen molar-refractivity contribution in [2.45, 2.75) is 33.2 Å². The number of nitrogens with zero attached hydrogens (tertiary/aromatic N) is 2. The minimum atomic E-state index is -3.83. The minimum absolute atomic E-state index is 0.170. The Morgan fingerprint density at radius 3 is 2.29 bits per heavy atom. The molecule has 0 aliphatic rings. The number of rotatable bonds is 8. The van der Waals surface area contributed by atoms with Crippen LogP contribution in [0.25, 0.3) is 0 Å². The minimum Gasteiger partial charge on any atom is -0.348 e. The van der Waals surface area contributed by atoms with Crippen LogP contribution in [-0.4, -0.2) is 39.3 Å². The standard InChI is InChI=1S/C21H29N3O3S/c1-6-19(18-10-8-7-9-11-18)22-21(25)15-24(28(26,27)23(4)5)20-14-16(2)12-13-17(20)3/h7-14,19H,6,15H2,1-5H3,(H,22,25). The predicted molar refractivity (Wildman–Crippen MR) is 113 cm³/mol. The van der Waals surface area contributed by atoms with Crippen molar-refractivity contribution in [1.29, 1.82) is 0 Å². The third-order valence-corrected chi connectivity index (χ3v) is 6.41. The Kier molecular flexibility index (Phi) is 7.21. The molecule has 0 bridgehead atoms. The third kappa shape index (κ3) is 5.11. The monoisotopic (exact) mass is 403 g/mol. The van der Waals surface area contributed by atoms with Gasteiger partial charge < -0.3 is 5.32 Å².